The molecule has 0 unspecified atom stereocenters. The molecule has 3 aromatic rings. The van der Waals surface area contributed by atoms with Crippen LogP contribution in [0.5, 0.6) is 0 Å². The lowest BCUT2D eigenvalue weighted by Crippen LogP contribution is -2.43. The van der Waals surface area contributed by atoms with Crippen molar-refractivity contribution in [3.8, 4) is 12.1 Å². The Morgan fingerprint density at radius 1 is 1.04 bits per heavy atom. The second kappa shape index (κ2) is 11.6. The van der Waals surface area contributed by atoms with Crippen LogP contribution in [0.15, 0.2) is 66.7 Å². The summed E-state index contributed by atoms with van der Waals surface area (Å²) in [6, 6.07) is 16.7. The molecule has 3 aromatic carbocycles. The molecule has 0 bridgehead atoms. The van der Waals surface area contributed by atoms with E-state index in [1.54, 1.807) is 18.2 Å². The van der Waals surface area contributed by atoms with Gasteiger partial charge in [-0.2, -0.15) is 28.8 Å². The van der Waals surface area contributed by atoms with E-state index in [4.69, 9.17) is 5.26 Å². The summed E-state index contributed by atoms with van der Waals surface area (Å²) in [4.78, 5) is 43.1. The molecule has 2 aliphatic rings. The third-order valence-corrected chi connectivity index (χ3v) is 8.05. The number of hydrogen-bond donors (Lipinski definition) is 0. The van der Waals surface area contributed by atoms with Crippen molar-refractivity contribution in [1.29, 1.82) is 10.5 Å². The van der Waals surface area contributed by atoms with Crippen LogP contribution in [0.4, 0.5) is 39.5 Å². The zero-order chi connectivity index (χ0) is 32.7. The van der Waals surface area contributed by atoms with Gasteiger partial charge in [-0.1, -0.05) is 22.7 Å². The summed E-state index contributed by atoms with van der Waals surface area (Å²) in [7, 11) is 0. The molecule has 9 nitrogen and oxygen atoms in total. The van der Waals surface area contributed by atoms with Crippen LogP contribution in [-0.2, 0) is 17.5 Å². The smallest absolute Gasteiger partial charge is 0.323 e. The Morgan fingerprint density at radius 2 is 1.73 bits per heavy atom. The Bertz CT molecular complexity index is 1760. The van der Waals surface area contributed by atoms with Gasteiger partial charge in [0, 0.05) is 12.1 Å². The van der Waals surface area contributed by atoms with Gasteiger partial charge < -0.3 is 9.80 Å². The van der Waals surface area contributed by atoms with Crippen molar-refractivity contribution in [2.24, 2.45) is 0 Å². The molecule has 0 aliphatic carbocycles. The number of alkyl halides is 3. The van der Waals surface area contributed by atoms with E-state index in [0.717, 1.165) is 23.5 Å². The van der Waals surface area contributed by atoms with Gasteiger partial charge in [0.05, 0.1) is 46.9 Å². The highest BCUT2D eigenvalue weighted by Crippen LogP contribution is 2.39. The number of urea groups is 1. The molecule has 2 heterocycles. The Kier molecular flexibility index (Phi) is 7.98. The Morgan fingerprint density at radius 3 is 2.38 bits per heavy atom. The Balaban J connectivity index is 1.41. The van der Waals surface area contributed by atoms with Crippen molar-refractivity contribution in [2.45, 2.75) is 51.0 Å². The van der Waals surface area contributed by atoms with Crippen LogP contribution in [0.3, 0.4) is 0 Å². The van der Waals surface area contributed by atoms with Crippen LogP contribution in [-0.4, -0.2) is 45.8 Å². The Labute approximate surface area is 256 Å². The standard InChI is InChI=1S/C32H26F4N6O3/c1-31(2)29(44)41(24-14-11-21(17-37)26(16-24)32(33,34)35)30(45)40(31)19-22-6-3-4-8-27(22)42(36)23-12-9-20(10-13-23)28(43)39-15-5-7-25(39)18-38/h3-4,6,8-14,16,25H,5,7,15,19H2,1-2H3/t25-/m1/s1. The normalized spacial score (nSPS) is 17.8. The third-order valence-electron chi connectivity index (χ3n) is 8.05. The van der Waals surface area contributed by atoms with Gasteiger partial charge in [0.2, 0.25) is 0 Å². The SMILES string of the molecule is CC1(C)C(=O)N(c2ccc(C#N)c(C(F)(F)F)c2)C(=O)N1Cc1ccccc1N(F)c1ccc(C(=O)N2CCC[C@@H]2C#N)cc1. The average Bonchev–Trinajstić information content (AvgIpc) is 3.57. The van der Waals surface area contributed by atoms with E-state index >= 15 is 4.48 Å². The number of imide groups is 1. The highest BCUT2D eigenvalue weighted by Gasteiger charge is 2.52. The van der Waals surface area contributed by atoms with Gasteiger partial charge in [0.1, 0.15) is 11.6 Å². The molecule has 2 fully saturated rings. The number of nitrogens with zero attached hydrogens (tertiary/aromatic N) is 6. The summed E-state index contributed by atoms with van der Waals surface area (Å²) in [6.45, 7) is 3.06. The largest absolute Gasteiger partial charge is 0.417 e. The van der Waals surface area contributed by atoms with Crippen molar-refractivity contribution >= 4 is 34.9 Å². The van der Waals surface area contributed by atoms with Crippen LogP contribution >= 0.6 is 0 Å². The number of benzene rings is 3. The molecular formula is C32H26F4N6O3. The van der Waals surface area contributed by atoms with E-state index < -0.39 is 40.8 Å². The highest BCUT2D eigenvalue weighted by molar-refractivity contribution is 6.23. The van der Waals surface area contributed by atoms with Crippen molar-refractivity contribution < 1.29 is 32.0 Å². The van der Waals surface area contributed by atoms with E-state index in [9.17, 15) is 32.8 Å². The van der Waals surface area contributed by atoms with Crippen LogP contribution in [0.2, 0.25) is 0 Å². The summed E-state index contributed by atoms with van der Waals surface area (Å²) >= 11 is 0. The van der Waals surface area contributed by atoms with Gasteiger partial charge >= 0.3 is 12.2 Å². The minimum atomic E-state index is -4.90. The lowest BCUT2D eigenvalue weighted by atomic mass is 10.0. The molecule has 2 aliphatic heterocycles. The van der Waals surface area contributed by atoms with Crippen molar-refractivity contribution in [3.05, 3.63) is 89.0 Å². The van der Waals surface area contributed by atoms with Crippen LogP contribution in [0, 0.1) is 22.7 Å². The van der Waals surface area contributed by atoms with Crippen LogP contribution in [0.25, 0.3) is 0 Å². The molecule has 0 N–H and O–H groups in total. The maximum absolute atomic E-state index is 15.9. The monoisotopic (exact) mass is 618 g/mol. The van der Waals surface area contributed by atoms with E-state index in [2.05, 4.69) is 6.07 Å². The molecule has 5 rings (SSSR count). The fourth-order valence-corrected chi connectivity index (χ4v) is 5.52. The molecular weight excluding hydrogens is 592 g/mol. The summed E-state index contributed by atoms with van der Waals surface area (Å²) < 4.78 is 56.7. The summed E-state index contributed by atoms with van der Waals surface area (Å²) in [5.41, 5.74) is -3.11. The molecule has 0 saturated carbocycles. The fraction of sp³-hybridized carbons (Fsp3) is 0.281. The van der Waals surface area contributed by atoms with E-state index in [1.807, 2.05) is 0 Å². The molecule has 2 saturated heterocycles. The van der Waals surface area contributed by atoms with Gasteiger partial charge in [0.15, 0.2) is 0 Å². The quantitative estimate of drug-likeness (QED) is 0.178. The van der Waals surface area contributed by atoms with E-state index in [0.29, 0.717) is 40.2 Å². The zero-order valence-electron chi connectivity index (χ0n) is 24.2. The summed E-state index contributed by atoms with van der Waals surface area (Å²) in [5.74, 6) is -1.12. The van der Waals surface area contributed by atoms with E-state index in [1.165, 1.54) is 55.1 Å². The fourth-order valence-electron chi connectivity index (χ4n) is 5.52. The number of likely N-dealkylation sites (tertiary alicyclic amines) is 1. The lowest BCUT2D eigenvalue weighted by Gasteiger charge is -2.29. The van der Waals surface area contributed by atoms with Gasteiger partial charge in [-0.05, 0) is 80.8 Å². The number of nitriles is 2. The van der Waals surface area contributed by atoms with Gasteiger partial charge in [-0.15, -0.1) is 0 Å². The molecule has 1 atom stereocenters. The summed E-state index contributed by atoms with van der Waals surface area (Å²) in [6.07, 6.45) is -3.58. The number of para-hydroxylation sites is 1. The number of carbonyl (C=O) groups excluding carboxylic acids is 3. The average molecular weight is 619 g/mol. The number of hydrogen-bond acceptors (Lipinski definition) is 6. The zero-order valence-corrected chi connectivity index (χ0v) is 24.2. The first-order valence-electron chi connectivity index (χ1n) is 13.9. The maximum atomic E-state index is 15.9. The number of rotatable bonds is 6. The van der Waals surface area contributed by atoms with Gasteiger partial charge in [-0.25, -0.2) is 9.69 Å². The number of amides is 4. The molecule has 13 heteroatoms. The molecule has 0 aromatic heterocycles. The first-order chi connectivity index (χ1) is 21.3. The minimum absolute atomic E-state index is 0.0351. The minimum Gasteiger partial charge on any atom is -0.323 e. The lowest BCUT2D eigenvalue weighted by molar-refractivity contribution is -0.137. The second-order valence-corrected chi connectivity index (χ2v) is 11.1. The topological polar surface area (TPSA) is 112 Å². The van der Waals surface area contributed by atoms with Crippen LogP contribution in [0.1, 0.15) is 53.7 Å². The predicted octanol–water partition coefficient (Wildman–Crippen LogP) is 6.48. The third kappa shape index (κ3) is 5.53. The summed E-state index contributed by atoms with van der Waals surface area (Å²) in [5, 5.41) is 18.8. The number of carbonyl (C=O) groups is 3. The molecule has 0 spiro atoms. The second-order valence-electron chi connectivity index (χ2n) is 11.1. The van der Waals surface area contributed by atoms with Crippen molar-refractivity contribution in [2.75, 3.05) is 16.6 Å². The predicted molar refractivity (Wildman–Crippen MR) is 154 cm³/mol. The molecule has 230 valence electrons. The van der Waals surface area contributed by atoms with Crippen molar-refractivity contribution in [1.82, 2.24) is 9.80 Å². The van der Waals surface area contributed by atoms with E-state index in [-0.39, 0.29) is 29.5 Å². The van der Waals surface area contributed by atoms with Gasteiger partial charge in [-0.3, -0.25) is 9.59 Å². The van der Waals surface area contributed by atoms with Gasteiger partial charge in [0.25, 0.3) is 11.8 Å². The van der Waals surface area contributed by atoms with Crippen LogP contribution < -0.4 is 10.0 Å². The Hall–Kier alpha value is -5.43. The maximum Gasteiger partial charge on any atom is 0.417 e. The molecule has 45 heavy (non-hydrogen) atoms. The molecule has 4 amide bonds. The number of anilines is 3. The first-order valence-corrected chi connectivity index (χ1v) is 13.9. The van der Waals surface area contributed by atoms with Crippen molar-refractivity contribution in [3.63, 3.8) is 0 Å². The highest BCUT2D eigenvalue weighted by atomic mass is 19.4. The first kappa shape index (κ1) is 31.0. The number of halogens is 4. The molecule has 0 radical (unpaired) electrons.